The fraction of sp³-hybridized carbons (Fsp3) is 0.481. The molecule has 2 aliphatic rings. The van der Waals surface area contributed by atoms with Gasteiger partial charge in [-0.25, -0.2) is 4.98 Å². The molecule has 186 valence electrons. The summed E-state index contributed by atoms with van der Waals surface area (Å²) in [5, 5.41) is 3.68. The molecule has 0 saturated carbocycles. The van der Waals surface area contributed by atoms with Gasteiger partial charge in [0.25, 0.3) is 5.91 Å². The molecule has 3 heterocycles. The molecule has 1 N–H and O–H groups in total. The SMILES string of the molecule is CCCN1C(=O)C(CC(C)C)NC(=O)C12CCN(C(=O)c1cccnc1Sc1ccccc1)CC2. The maximum absolute atomic E-state index is 13.5. The van der Waals surface area contributed by atoms with Crippen LogP contribution in [0, 0.1) is 5.92 Å². The topological polar surface area (TPSA) is 82.6 Å². The Morgan fingerprint density at radius 2 is 1.86 bits per heavy atom. The van der Waals surface area contributed by atoms with Gasteiger partial charge in [-0.05, 0) is 55.9 Å². The first-order valence-electron chi connectivity index (χ1n) is 12.5. The van der Waals surface area contributed by atoms with Crippen LogP contribution in [0.1, 0.15) is 56.8 Å². The largest absolute Gasteiger partial charge is 0.342 e. The van der Waals surface area contributed by atoms with Gasteiger partial charge >= 0.3 is 0 Å². The number of piperazine rings is 1. The monoisotopic (exact) mass is 494 g/mol. The van der Waals surface area contributed by atoms with Crippen LogP contribution in [-0.2, 0) is 9.59 Å². The predicted octanol–water partition coefficient (Wildman–Crippen LogP) is 3.99. The Morgan fingerprint density at radius 1 is 1.14 bits per heavy atom. The second-order valence-electron chi connectivity index (χ2n) is 9.74. The lowest BCUT2D eigenvalue weighted by Crippen LogP contribution is -2.73. The van der Waals surface area contributed by atoms with Gasteiger partial charge in [-0.15, -0.1) is 0 Å². The van der Waals surface area contributed by atoms with Gasteiger partial charge < -0.3 is 15.1 Å². The quantitative estimate of drug-likeness (QED) is 0.629. The molecule has 1 atom stereocenters. The zero-order chi connectivity index (χ0) is 25.0. The van der Waals surface area contributed by atoms with E-state index in [9.17, 15) is 14.4 Å². The summed E-state index contributed by atoms with van der Waals surface area (Å²) >= 11 is 1.47. The number of likely N-dealkylation sites (tertiary alicyclic amines) is 1. The number of carbonyl (C=O) groups is 3. The van der Waals surface area contributed by atoms with Crippen LogP contribution in [-0.4, -0.2) is 63.7 Å². The molecule has 0 aliphatic carbocycles. The van der Waals surface area contributed by atoms with E-state index in [0.29, 0.717) is 55.4 Å². The average Bonchev–Trinajstić information content (AvgIpc) is 2.86. The Hall–Kier alpha value is -2.87. The lowest BCUT2D eigenvalue weighted by Gasteiger charge is -2.51. The van der Waals surface area contributed by atoms with Crippen LogP contribution < -0.4 is 5.32 Å². The van der Waals surface area contributed by atoms with Gasteiger partial charge in [0.2, 0.25) is 11.8 Å². The molecule has 1 aromatic heterocycles. The molecule has 35 heavy (non-hydrogen) atoms. The number of benzene rings is 1. The predicted molar refractivity (Wildman–Crippen MR) is 136 cm³/mol. The van der Waals surface area contributed by atoms with E-state index in [1.165, 1.54) is 11.8 Å². The van der Waals surface area contributed by atoms with Crippen LogP contribution in [0.25, 0.3) is 0 Å². The first-order chi connectivity index (χ1) is 16.9. The maximum Gasteiger partial charge on any atom is 0.256 e. The van der Waals surface area contributed by atoms with Crippen molar-refractivity contribution < 1.29 is 14.4 Å². The number of carbonyl (C=O) groups excluding carboxylic acids is 3. The van der Waals surface area contributed by atoms with E-state index >= 15 is 0 Å². The Kier molecular flexibility index (Phi) is 7.79. The molecule has 1 spiro atoms. The zero-order valence-corrected chi connectivity index (χ0v) is 21.5. The highest BCUT2D eigenvalue weighted by atomic mass is 32.2. The van der Waals surface area contributed by atoms with E-state index in [4.69, 9.17) is 0 Å². The summed E-state index contributed by atoms with van der Waals surface area (Å²) in [6, 6.07) is 13.0. The molecule has 1 aromatic carbocycles. The molecule has 1 unspecified atom stereocenters. The molecular formula is C27H34N4O3S. The summed E-state index contributed by atoms with van der Waals surface area (Å²) in [6.45, 7) is 7.52. The van der Waals surface area contributed by atoms with E-state index in [0.717, 1.165) is 11.3 Å². The third-order valence-corrected chi connectivity index (χ3v) is 7.83. The van der Waals surface area contributed by atoms with Gasteiger partial charge in [0, 0.05) is 30.7 Å². The number of aromatic nitrogens is 1. The van der Waals surface area contributed by atoms with Crippen molar-refractivity contribution in [2.75, 3.05) is 19.6 Å². The molecule has 2 saturated heterocycles. The zero-order valence-electron chi connectivity index (χ0n) is 20.7. The van der Waals surface area contributed by atoms with Crippen LogP contribution in [0.3, 0.4) is 0 Å². The molecule has 3 amide bonds. The van der Waals surface area contributed by atoms with Gasteiger partial charge in [0.15, 0.2) is 0 Å². The number of pyridine rings is 1. The third-order valence-electron chi connectivity index (χ3n) is 6.80. The van der Waals surface area contributed by atoms with Crippen molar-refractivity contribution in [3.8, 4) is 0 Å². The second kappa shape index (κ2) is 10.8. The highest BCUT2D eigenvalue weighted by molar-refractivity contribution is 7.99. The minimum Gasteiger partial charge on any atom is -0.342 e. The van der Waals surface area contributed by atoms with Crippen LogP contribution in [0.4, 0.5) is 0 Å². The lowest BCUT2D eigenvalue weighted by atomic mass is 9.80. The van der Waals surface area contributed by atoms with Crippen molar-refractivity contribution >= 4 is 29.5 Å². The fourth-order valence-electron chi connectivity index (χ4n) is 5.04. The molecular weight excluding hydrogens is 460 g/mol. The van der Waals surface area contributed by atoms with Gasteiger partial charge in [0.1, 0.15) is 16.6 Å². The van der Waals surface area contributed by atoms with Gasteiger partial charge in [-0.2, -0.15) is 0 Å². The summed E-state index contributed by atoms with van der Waals surface area (Å²) < 4.78 is 0. The van der Waals surface area contributed by atoms with Crippen LogP contribution in [0.5, 0.6) is 0 Å². The molecule has 2 fully saturated rings. The standard InChI is InChI=1S/C27H34N4O3S/c1-4-15-31-25(33)22(18-19(2)3)29-26(34)27(31)12-16-30(17-13-27)24(32)21-11-8-14-28-23(21)35-20-9-6-5-7-10-20/h5-11,14,19,22H,4,12-13,15-18H2,1-3H3,(H,29,34). The Morgan fingerprint density at radius 3 is 2.51 bits per heavy atom. The van der Waals surface area contributed by atoms with Crippen molar-refractivity contribution in [2.45, 2.75) is 68.0 Å². The number of hydrogen-bond acceptors (Lipinski definition) is 5. The Bertz CT molecular complexity index is 1070. The van der Waals surface area contributed by atoms with E-state index in [1.54, 1.807) is 22.1 Å². The normalized spacial score (nSPS) is 19.8. The summed E-state index contributed by atoms with van der Waals surface area (Å²) in [5.74, 6) is 0.149. The van der Waals surface area contributed by atoms with E-state index < -0.39 is 11.6 Å². The number of rotatable bonds is 7. The number of hydrogen-bond donors (Lipinski definition) is 1. The molecule has 7 nitrogen and oxygen atoms in total. The van der Waals surface area contributed by atoms with Crippen molar-refractivity contribution in [1.82, 2.24) is 20.1 Å². The minimum absolute atomic E-state index is 0.00809. The summed E-state index contributed by atoms with van der Waals surface area (Å²) in [7, 11) is 0. The molecule has 2 aliphatic heterocycles. The van der Waals surface area contributed by atoms with E-state index in [1.807, 2.05) is 43.3 Å². The van der Waals surface area contributed by atoms with Crippen LogP contribution in [0.2, 0.25) is 0 Å². The molecule has 0 radical (unpaired) electrons. The van der Waals surface area contributed by atoms with E-state index in [2.05, 4.69) is 24.1 Å². The smallest absolute Gasteiger partial charge is 0.256 e. The third kappa shape index (κ3) is 5.22. The number of nitrogens with one attached hydrogen (secondary N) is 1. The van der Waals surface area contributed by atoms with Crippen molar-refractivity contribution in [3.63, 3.8) is 0 Å². The number of nitrogens with zero attached hydrogens (tertiary/aromatic N) is 3. The molecule has 8 heteroatoms. The summed E-state index contributed by atoms with van der Waals surface area (Å²) in [5.41, 5.74) is -0.322. The highest BCUT2D eigenvalue weighted by Crippen LogP contribution is 2.35. The van der Waals surface area contributed by atoms with E-state index in [-0.39, 0.29) is 17.7 Å². The first-order valence-corrected chi connectivity index (χ1v) is 13.3. The average molecular weight is 495 g/mol. The second-order valence-corrected chi connectivity index (χ2v) is 10.8. The Labute approximate surface area is 211 Å². The van der Waals surface area contributed by atoms with Gasteiger partial charge in [-0.1, -0.05) is 50.7 Å². The maximum atomic E-state index is 13.5. The molecule has 4 rings (SSSR count). The minimum atomic E-state index is -0.881. The lowest BCUT2D eigenvalue weighted by molar-refractivity contribution is -0.161. The number of amides is 3. The number of piperidine rings is 1. The molecule has 2 aromatic rings. The van der Waals surface area contributed by atoms with Crippen molar-refractivity contribution in [2.24, 2.45) is 5.92 Å². The molecule has 0 bridgehead atoms. The van der Waals surface area contributed by atoms with Crippen molar-refractivity contribution in [3.05, 3.63) is 54.2 Å². The fourth-order valence-corrected chi connectivity index (χ4v) is 5.93. The Balaban J connectivity index is 1.50. The van der Waals surface area contributed by atoms with Crippen LogP contribution in [0.15, 0.2) is 58.6 Å². The van der Waals surface area contributed by atoms with Crippen molar-refractivity contribution in [1.29, 1.82) is 0 Å². The summed E-state index contributed by atoms with van der Waals surface area (Å²) in [6.07, 6.45) is 3.99. The van der Waals surface area contributed by atoms with Gasteiger partial charge in [-0.3, -0.25) is 14.4 Å². The van der Waals surface area contributed by atoms with Crippen LogP contribution >= 0.6 is 11.8 Å². The highest BCUT2D eigenvalue weighted by Gasteiger charge is 2.53. The van der Waals surface area contributed by atoms with Gasteiger partial charge in [0.05, 0.1) is 5.56 Å². The first kappa shape index (κ1) is 25.2. The summed E-state index contributed by atoms with van der Waals surface area (Å²) in [4.78, 5) is 49.3.